The zero-order valence-electron chi connectivity index (χ0n) is 9.93. The maximum atomic E-state index is 13.7. The topological polar surface area (TPSA) is 21.3 Å². The molecule has 0 aromatic heterocycles. The van der Waals surface area contributed by atoms with E-state index in [2.05, 4.69) is 5.32 Å². The third-order valence-electron chi connectivity index (χ3n) is 3.21. The van der Waals surface area contributed by atoms with Gasteiger partial charge in [-0.05, 0) is 37.4 Å². The summed E-state index contributed by atoms with van der Waals surface area (Å²) in [5.74, 6) is -0.174. The first-order valence-corrected chi connectivity index (χ1v) is 6.34. The van der Waals surface area contributed by atoms with Crippen molar-refractivity contribution >= 4 is 11.6 Å². The van der Waals surface area contributed by atoms with Gasteiger partial charge in [-0.15, -0.1) is 0 Å². The van der Waals surface area contributed by atoms with Gasteiger partial charge in [-0.3, -0.25) is 0 Å². The van der Waals surface area contributed by atoms with E-state index in [1.54, 1.807) is 6.07 Å². The first-order valence-electron chi connectivity index (χ1n) is 5.96. The molecule has 0 spiro atoms. The number of ether oxygens (including phenoxy) is 1. The Bertz CT molecular complexity index is 391. The molecule has 1 aliphatic rings. The van der Waals surface area contributed by atoms with Crippen molar-refractivity contribution in [3.63, 3.8) is 0 Å². The highest BCUT2D eigenvalue weighted by Gasteiger charge is 2.18. The summed E-state index contributed by atoms with van der Waals surface area (Å²) < 4.78 is 18.9. The average molecular weight is 258 g/mol. The molecule has 1 heterocycles. The van der Waals surface area contributed by atoms with E-state index >= 15 is 0 Å². The summed E-state index contributed by atoms with van der Waals surface area (Å²) in [4.78, 5) is 0. The van der Waals surface area contributed by atoms with Gasteiger partial charge in [0.25, 0.3) is 0 Å². The number of piperidine rings is 1. The fraction of sp³-hybridized carbons (Fsp3) is 0.538. The lowest BCUT2D eigenvalue weighted by Gasteiger charge is -2.24. The summed E-state index contributed by atoms with van der Waals surface area (Å²) >= 11 is 5.74. The lowest BCUT2D eigenvalue weighted by Crippen LogP contribution is -2.35. The van der Waals surface area contributed by atoms with Crippen LogP contribution in [0, 0.1) is 5.82 Å². The first-order chi connectivity index (χ1) is 8.22. The predicted molar refractivity (Wildman–Crippen MR) is 67.3 cm³/mol. The quantitative estimate of drug-likeness (QED) is 0.898. The van der Waals surface area contributed by atoms with Crippen LogP contribution in [0.15, 0.2) is 12.1 Å². The van der Waals surface area contributed by atoms with Crippen LogP contribution in [0.3, 0.4) is 0 Å². The van der Waals surface area contributed by atoms with Crippen molar-refractivity contribution in [2.75, 3.05) is 13.7 Å². The number of benzene rings is 1. The number of hydrogen-bond acceptors (Lipinski definition) is 2. The molecule has 1 aromatic carbocycles. The Morgan fingerprint density at radius 3 is 2.94 bits per heavy atom. The first kappa shape index (κ1) is 12.7. The van der Waals surface area contributed by atoms with E-state index in [9.17, 15) is 4.39 Å². The van der Waals surface area contributed by atoms with Gasteiger partial charge in [0, 0.05) is 6.04 Å². The van der Waals surface area contributed by atoms with Gasteiger partial charge < -0.3 is 10.1 Å². The van der Waals surface area contributed by atoms with Crippen LogP contribution in [-0.2, 0) is 6.42 Å². The Morgan fingerprint density at radius 2 is 2.29 bits per heavy atom. The smallest absolute Gasteiger partial charge is 0.183 e. The summed E-state index contributed by atoms with van der Waals surface area (Å²) in [5, 5.41) is 3.56. The van der Waals surface area contributed by atoms with Gasteiger partial charge in [0.1, 0.15) is 0 Å². The molecule has 0 aliphatic carbocycles. The van der Waals surface area contributed by atoms with Crippen LogP contribution in [0.5, 0.6) is 5.75 Å². The highest BCUT2D eigenvalue weighted by Crippen LogP contribution is 2.30. The minimum absolute atomic E-state index is 0.113. The molecule has 1 saturated heterocycles. The molecule has 2 rings (SSSR count). The number of rotatable bonds is 3. The van der Waals surface area contributed by atoms with E-state index in [0.29, 0.717) is 6.04 Å². The van der Waals surface area contributed by atoms with Crippen molar-refractivity contribution in [3.05, 3.63) is 28.5 Å². The Labute approximate surface area is 106 Å². The lowest BCUT2D eigenvalue weighted by molar-refractivity contribution is 0.366. The Kier molecular flexibility index (Phi) is 4.24. The summed E-state index contributed by atoms with van der Waals surface area (Å²) in [6.07, 6.45) is 4.38. The van der Waals surface area contributed by atoms with Crippen molar-refractivity contribution in [1.29, 1.82) is 0 Å². The largest absolute Gasteiger partial charge is 0.493 e. The monoisotopic (exact) mass is 257 g/mol. The fourth-order valence-electron chi connectivity index (χ4n) is 2.32. The van der Waals surface area contributed by atoms with Gasteiger partial charge in [-0.2, -0.15) is 0 Å². The van der Waals surface area contributed by atoms with Gasteiger partial charge in [0.15, 0.2) is 11.6 Å². The molecule has 0 amide bonds. The molecular formula is C13H17ClFNO. The van der Waals surface area contributed by atoms with Gasteiger partial charge in [0.05, 0.1) is 12.1 Å². The van der Waals surface area contributed by atoms with Crippen LogP contribution < -0.4 is 10.1 Å². The fourth-order valence-corrected chi connectivity index (χ4v) is 2.47. The third-order valence-corrected chi connectivity index (χ3v) is 3.51. The number of hydrogen-bond donors (Lipinski definition) is 1. The standard InChI is InChI=1S/C13H17ClFNO/c1-17-13-9(5-6-11(14)12(13)15)8-10-4-2-3-7-16-10/h5-6,10,16H,2-4,7-8H2,1H3. The summed E-state index contributed by atoms with van der Waals surface area (Å²) in [5.41, 5.74) is 0.883. The average Bonchev–Trinajstić information content (AvgIpc) is 2.36. The van der Waals surface area contributed by atoms with E-state index in [1.807, 2.05) is 6.07 Å². The van der Waals surface area contributed by atoms with Crippen LogP contribution in [0.4, 0.5) is 4.39 Å². The zero-order chi connectivity index (χ0) is 12.3. The Balaban J connectivity index is 2.17. The number of methoxy groups -OCH3 is 1. The second kappa shape index (κ2) is 5.69. The van der Waals surface area contributed by atoms with Crippen molar-refractivity contribution in [2.45, 2.75) is 31.7 Å². The normalized spacial score (nSPS) is 20.3. The van der Waals surface area contributed by atoms with Crippen molar-refractivity contribution in [3.8, 4) is 5.75 Å². The Hall–Kier alpha value is -0.800. The number of halogens is 2. The van der Waals surface area contributed by atoms with E-state index in [0.717, 1.165) is 24.9 Å². The third kappa shape index (κ3) is 2.90. The van der Waals surface area contributed by atoms with Crippen LogP contribution in [0.2, 0.25) is 5.02 Å². The molecule has 1 N–H and O–H groups in total. The van der Waals surface area contributed by atoms with E-state index in [4.69, 9.17) is 16.3 Å². The van der Waals surface area contributed by atoms with E-state index in [-0.39, 0.29) is 10.8 Å². The van der Waals surface area contributed by atoms with Crippen molar-refractivity contribution in [2.24, 2.45) is 0 Å². The molecule has 4 heteroatoms. The second-order valence-corrected chi connectivity index (χ2v) is 4.81. The lowest BCUT2D eigenvalue weighted by atomic mass is 9.97. The molecule has 2 nitrogen and oxygen atoms in total. The maximum Gasteiger partial charge on any atom is 0.183 e. The van der Waals surface area contributed by atoms with Gasteiger partial charge in [-0.1, -0.05) is 24.1 Å². The van der Waals surface area contributed by atoms with Crippen LogP contribution in [0.25, 0.3) is 0 Å². The molecule has 1 aromatic rings. The summed E-state index contributed by atoms with van der Waals surface area (Å²) in [7, 11) is 1.48. The molecule has 1 fully saturated rings. The predicted octanol–water partition coefficient (Wildman–Crippen LogP) is 3.17. The summed E-state index contributed by atoms with van der Waals surface area (Å²) in [6.45, 7) is 1.04. The second-order valence-electron chi connectivity index (χ2n) is 4.40. The van der Waals surface area contributed by atoms with Gasteiger partial charge in [-0.25, -0.2) is 4.39 Å². The molecule has 1 aliphatic heterocycles. The molecule has 1 atom stereocenters. The van der Waals surface area contributed by atoms with Crippen LogP contribution in [-0.4, -0.2) is 19.7 Å². The molecule has 94 valence electrons. The highest BCUT2D eigenvalue weighted by atomic mass is 35.5. The Morgan fingerprint density at radius 1 is 1.47 bits per heavy atom. The molecule has 1 unspecified atom stereocenters. The van der Waals surface area contributed by atoms with Crippen LogP contribution in [0.1, 0.15) is 24.8 Å². The molecular weight excluding hydrogens is 241 g/mol. The van der Waals surface area contributed by atoms with Crippen LogP contribution >= 0.6 is 11.6 Å². The van der Waals surface area contributed by atoms with Gasteiger partial charge in [0.2, 0.25) is 0 Å². The molecule has 0 bridgehead atoms. The maximum absolute atomic E-state index is 13.7. The minimum Gasteiger partial charge on any atom is -0.493 e. The molecule has 17 heavy (non-hydrogen) atoms. The van der Waals surface area contributed by atoms with E-state index < -0.39 is 5.82 Å². The zero-order valence-corrected chi connectivity index (χ0v) is 10.7. The summed E-state index contributed by atoms with van der Waals surface area (Å²) in [6, 6.07) is 3.86. The highest BCUT2D eigenvalue weighted by molar-refractivity contribution is 6.30. The van der Waals surface area contributed by atoms with Crippen molar-refractivity contribution in [1.82, 2.24) is 5.32 Å². The minimum atomic E-state index is -0.456. The van der Waals surface area contributed by atoms with Gasteiger partial charge >= 0.3 is 0 Å². The van der Waals surface area contributed by atoms with E-state index in [1.165, 1.54) is 20.0 Å². The number of nitrogens with one attached hydrogen (secondary N) is 1. The van der Waals surface area contributed by atoms with Crippen molar-refractivity contribution < 1.29 is 9.13 Å². The molecule has 0 radical (unpaired) electrons. The SMILES string of the molecule is COc1c(CC2CCCCN2)ccc(Cl)c1F. The molecule has 0 saturated carbocycles.